The molecule has 0 bridgehead atoms. The molecule has 1 heterocycles. The van der Waals surface area contributed by atoms with Crippen LogP contribution in [0.3, 0.4) is 0 Å². The van der Waals surface area contributed by atoms with Crippen molar-refractivity contribution in [3.05, 3.63) is 58.6 Å². The minimum Gasteiger partial charge on any atom is -0.497 e. The van der Waals surface area contributed by atoms with Gasteiger partial charge in [-0.05, 0) is 30.3 Å². The molecular weight excluding hydrogens is 458 g/mol. The second kappa shape index (κ2) is 11.0. The van der Waals surface area contributed by atoms with Gasteiger partial charge in [0.05, 0.1) is 37.1 Å². The van der Waals surface area contributed by atoms with Crippen molar-refractivity contribution >= 4 is 57.9 Å². The smallest absolute Gasteiger partial charge is 0.234 e. The predicted molar refractivity (Wildman–Crippen MR) is 125 cm³/mol. The van der Waals surface area contributed by atoms with E-state index in [-0.39, 0.29) is 24.0 Å². The number of hydrogen-bond donors (Lipinski definition) is 2. The van der Waals surface area contributed by atoms with E-state index in [1.807, 2.05) is 5.38 Å². The zero-order valence-electron chi connectivity index (χ0n) is 16.8. The van der Waals surface area contributed by atoms with Gasteiger partial charge in [0.25, 0.3) is 0 Å². The van der Waals surface area contributed by atoms with Crippen molar-refractivity contribution in [2.24, 2.45) is 0 Å². The van der Waals surface area contributed by atoms with Crippen molar-refractivity contribution in [2.45, 2.75) is 10.8 Å². The van der Waals surface area contributed by atoms with Crippen LogP contribution in [0.1, 0.15) is 5.69 Å². The van der Waals surface area contributed by atoms with Crippen molar-refractivity contribution in [1.29, 1.82) is 0 Å². The molecule has 2 N–H and O–H groups in total. The number of rotatable bonds is 9. The molecule has 0 spiro atoms. The van der Waals surface area contributed by atoms with Gasteiger partial charge < -0.3 is 20.1 Å². The van der Waals surface area contributed by atoms with Gasteiger partial charge in [0.1, 0.15) is 11.5 Å². The predicted octanol–water partition coefficient (Wildman–Crippen LogP) is 4.73. The number of carbonyl (C=O) groups is 2. The van der Waals surface area contributed by atoms with Gasteiger partial charge in [0, 0.05) is 22.8 Å². The molecule has 2 aromatic carbocycles. The molecule has 3 aromatic rings. The fourth-order valence-corrected chi connectivity index (χ4v) is 4.48. The van der Waals surface area contributed by atoms with Crippen LogP contribution in [0.2, 0.25) is 5.02 Å². The lowest BCUT2D eigenvalue weighted by atomic mass is 10.2. The molecule has 0 aliphatic heterocycles. The monoisotopic (exact) mass is 477 g/mol. The highest BCUT2D eigenvalue weighted by Gasteiger charge is 2.11. The number of methoxy groups -OCH3 is 2. The third-order valence-corrected chi connectivity index (χ3v) is 6.35. The number of nitrogens with zero attached hydrogens (tertiary/aromatic N) is 1. The van der Waals surface area contributed by atoms with Crippen LogP contribution in [0.25, 0.3) is 0 Å². The highest BCUT2D eigenvalue weighted by molar-refractivity contribution is 8.01. The first-order valence-corrected chi connectivity index (χ1v) is 11.4. The van der Waals surface area contributed by atoms with Crippen LogP contribution in [-0.4, -0.2) is 36.8 Å². The molecule has 10 heteroatoms. The molecule has 3 rings (SSSR count). The number of carbonyl (C=O) groups excluding carboxylic acids is 2. The number of nitrogens with one attached hydrogen (secondary N) is 2. The van der Waals surface area contributed by atoms with Gasteiger partial charge >= 0.3 is 0 Å². The summed E-state index contributed by atoms with van der Waals surface area (Å²) in [6, 6.07) is 12.2. The Morgan fingerprint density at radius 1 is 1.06 bits per heavy atom. The average molecular weight is 478 g/mol. The minimum absolute atomic E-state index is 0.122. The molecule has 7 nitrogen and oxygen atoms in total. The normalized spacial score (nSPS) is 10.4. The van der Waals surface area contributed by atoms with Crippen molar-refractivity contribution < 1.29 is 19.1 Å². The summed E-state index contributed by atoms with van der Waals surface area (Å²) in [5, 5.41) is 7.83. The summed E-state index contributed by atoms with van der Waals surface area (Å²) in [5.74, 6) is 1.06. The Bertz CT molecular complexity index is 1070. The SMILES string of the molecule is COc1cccc(NC(=O)CSc2nc(CC(=O)Nc3ccc(OC)c(Cl)c3)cs2)c1. The lowest BCUT2D eigenvalue weighted by molar-refractivity contribution is -0.116. The maximum Gasteiger partial charge on any atom is 0.234 e. The summed E-state index contributed by atoms with van der Waals surface area (Å²) >= 11 is 8.78. The van der Waals surface area contributed by atoms with E-state index in [0.29, 0.717) is 33.6 Å². The molecule has 0 saturated heterocycles. The summed E-state index contributed by atoms with van der Waals surface area (Å²) in [6.45, 7) is 0. The van der Waals surface area contributed by atoms with E-state index in [1.54, 1.807) is 49.6 Å². The lowest BCUT2D eigenvalue weighted by Crippen LogP contribution is -2.15. The second-order valence-corrected chi connectivity index (χ2v) is 8.74. The van der Waals surface area contributed by atoms with E-state index < -0.39 is 0 Å². The van der Waals surface area contributed by atoms with Crippen molar-refractivity contribution in [1.82, 2.24) is 4.98 Å². The van der Waals surface area contributed by atoms with Gasteiger partial charge in [0.15, 0.2) is 4.34 Å². The molecule has 1 aromatic heterocycles. The average Bonchev–Trinajstić information content (AvgIpc) is 3.19. The van der Waals surface area contributed by atoms with E-state index in [4.69, 9.17) is 21.1 Å². The van der Waals surface area contributed by atoms with Crippen LogP contribution in [0.15, 0.2) is 52.2 Å². The molecule has 162 valence electrons. The number of thiazole rings is 1. The summed E-state index contributed by atoms with van der Waals surface area (Å²) in [5.41, 5.74) is 1.88. The zero-order valence-corrected chi connectivity index (χ0v) is 19.2. The van der Waals surface area contributed by atoms with Gasteiger partial charge in [-0.15, -0.1) is 11.3 Å². The second-order valence-electron chi connectivity index (χ2n) is 6.25. The third-order valence-electron chi connectivity index (χ3n) is 3.99. The van der Waals surface area contributed by atoms with E-state index in [2.05, 4.69) is 15.6 Å². The van der Waals surface area contributed by atoms with Crippen molar-refractivity contribution in [3.63, 3.8) is 0 Å². The number of anilines is 2. The number of thioether (sulfide) groups is 1. The standard InChI is InChI=1S/C21H20ClN3O4S2/c1-28-16-5-3-4-13(8-16)24-20(27)12-31-21-25-15(11-30-21)10-19(26)23-14-6-7-18(29-2)17(22)9-14/h3-9,11H,10,12H2,1-2H3,(H,23,26)(H,24,27). The molecule has 2 amide bonds. The Kier molecular flexibility index (Phi) is 8.16. The summed E-state index contributed by atoms with van der Waals surface area (Å²) in [4.78, 5) is 28.9. The Balaban J connectivity index is 1.47. The lowest BCUT2D eigenvalue weighted by Gasteiger charge is -2.07. The maximum atomic E-state index is 12.3. The number of hydrogen-bond acceptors (Lipinski definition) is 7. The Morgan fingerprint density at radius 3 is 2.58 bits per heavy atom. The number of halogens is 1. The van der Waals surface area contributed by atoms with Crippen LogP contribution in [0.5, 0.6) is 11.5 Å². The van der Waals surface area contributed by atoms with Gasteiger partial charge in [-0.1, -0.05) is 29.4 Å². The molecular formula is C21H20ClN3O4S2. The minimum atomic E-state index is -0.209. The van der Waals surface area contributed by atoms with Gasteiger partial charge in [-0.25, -0.2) is 4.98 Å². The van der Waals surface area contributed by atoms with Crippen LogP contribution in [0.4, 0.5) is 11.4 Å². The molecule has 0 saturated carbocycles. The summed E-state index contributed by atoms with van der Waals surface area (Å²) in [6.07, 6.45) is 0.122. The van der Waals surface area contributed by atoms with Crippen LogP contribution < -0.4 is 20.1 Å². The number of aromatic nitrogens is 1. The highest BCUT2D eigenvalue weighted by atomic mass is 35.5. The summed E-state index contributed by atoms with van der Waals surface area (Å²) < 4.78 is 11.0. The topological polar surface area (TPSA) is 89.5 Å². The molecule has 31 heavy (non-hydrogen) atoms. The first-order valence-electron chi connectivity index (χ1n) is 9.11. The summed E-state index contributed by atoms with van der Waals surface area (Å²) in [7, 11) is 3.10. The molecule has 0 aliphatic rings. The van der Waals surface area contributed by atoms with Crippen LogP contribution >= 0.6 is 34.7 Å². The Hall–Kier alpha value is -2.75. The molecule has 0 radical (unpaired) electrons. The Labute approximate surface area is 193 Å². The first-order chi connectivity index (χ1) is 15.0. The van der Waals surface area contributed by atoms with Crippen molar-refractivity contribution in [3.8, 4) is 11.5 Å². The van der Waals surface area contributed by atoms with E-state index in [0.717, 1.165) is 4.34 Å². The van der Waals surface area contributed by atoms with Gasteiger partial charge in [-0.2, -0.15) is 0 Å². The maximum absolute atomic E-state index is 12.3. The third kappa shape index (κ3) is 6.88. The van der Waals surface area contributed by atoms with Gasteiger partial charge in [0.2, 0.25) is 11.8 Å². The van der Waals surface area contributed by atoms with E-state index >= 15 is 0 Å². The highest BCUT2D eigenvalue weighted by Crippen LogP contribution is 2.27. The number of ether oxygens (including phenoxy) is 2. The Morgan fingerprint density at radius 2 is 1.84 bits per heavy atom. The fourth-order valence-electron chi connectivity index (χ4n) is 2.57. The van der Waals surface area contributed by atoms with E-state index in [1.165, 1.54) is 30.2 Å². The quantitative estimate of drug-likeness (QED) is 0.433. The number of benzene rings is 2. The molecule has 0 unspecified atom stereocenters. The molecule has 0 atom stereocenters. The van der Waals surface area contributed by atoms with E-state index in [9.17, 15) is 9.59 Å². The van der Waals surface area contributed by atoms with Crippen LogP contribution in [0, 0.1) is 0 Å². The fraction of sp³-hybridized carbons (Fsp3) is 0.190. The number of amides is 2. The molecule has 0 aliphatic carbocycles. The van der Waals surface area contributed by atoms with Gasteiger partial charge in [-0.3, -0.25) is 9.59 Å². The molecule has 0 fully saturated rings. The largest absolute Gasteiger partial charge is 0.497 e. The zero-order chi connectivity index (χ0) is 22.2. The van der Waals surface area contributed by atoms with Crippen LogP contribution in [-0.2, 0) is 16.0 Å². The first kappa shape index (κ1) is 22.9. The van der Waals surface area contributed by atoms with Crippen molar-refractivity contribution in [2.75, 3.05) is 30.6 Å².